The molecule has 3 aromatic rings. The first-order chi connectivity index (χ1) is 13.2. The van der Waals surface area contributed by atoms with Crippen molar-refractivity contribution in [3.8, 4) is 0 Å². The lowest BCUT2D eigenvalue weighted by Gasteiger charge is -2.32. The number of rotatable bonds is 4. The summed E-state index contributed by atoms with van der Waals surface area (Å²) in [5.41, 5.74) is 2.39. The molecule has 0 bridgehead atoms. The predicted octanol–water partition coefficient (Wildman–Crippen LogP) is 2.77. The molecule has 0 radical (unpaired) electrons. The van der Waals surface area contributed by atoms with E-state index in [1.54, 1.807) is 15.3 Å². The highest BCUT2D eigenvalue weighted by molar-refractivity contribution is 5.94. The fourth-order valence-corrected chi connectivity index (χ4v) is 3.96. The highest BCUT2D eigenvalue weighted by atomic mass is 16.2. The summed E-state index contributed by atoms with van der Waals surface area (Å²) in [5.74, 6) is 0.468. The fraction of sp³-hybridized carbons (Fsp3) is 0.381. The van der Waals surface area contributed by atoms with Gasteiger partial charge in [0.05, 0.1) is 5.52 Å². The Labute approximate surface area is 158 Å². The molecular formula is C21H24N4O2. The molecule has 1 saturated heterocycles. The molecule has 1 aromatic carbocycles. The standard InChI is InChI=1S/C21H24N4O2/c1-2-24-18-9-6-12-22-19(18)25(21(24)27)15-16-10-13-23(14-11-16)20(26)17-7-4-3-5-8-17/h3-9,12,16H,2,10-11,13-15H2,1H3. The Balaban J connectivity index is 1.47. The van der Waals surface area contributed by atoms with Gasteiger partial charge < -0.3 is 4.90 Å². The topological polar surface area (TPSA) is 60.1 Å². The third-order valence-corrected chi connectivity index (χ3v) is 5.45. The van der Waals surface area contributed by atoms with Gasteiger partial charge in [-0.25, -0.2) is 9.78 Å². The van der Waals surface area contributed by atoms with E-state index in [-0.39, 0.29) is 11.6 Å². The number of hydrogen-bond acceptors (Lipinski definition) is 3. The third-order valence-electron chi connectivity index (χ3n) is 5.45. The minimum atomic E-state index is 0.00833. The normalized spacial score (nSPS) is 15.4. The molecule has 0 atom stereocenters. The van der Waals surface area contributed by atoms with Gasteiger partial charge in [0, 0.05) is 37.9 Å². The zero-order valence-corrected chi connectivity index (χ0v) is 15.5. The number of piperidine rings is 1. The molecule has 1 aliphatic rings. The molecule has 6 heteroatoms. The van der Waals surface area contributed by atoms with E-state index in [4.69, 9.17) is 0 Å². The van der Waals surface area contributed by atoms with Crippen molar-refractivity contribution in [2.75, 3.05) is 13.1 Å². The van der Waals surface area contributed by atoms with Crippen molar-refractivity contribution in [1.29, 1.82) is 0 Å². The van der Waals surface area contributed by atoms with Crippen LogP contribution in [0.25, 0.3) is 11.2 Å². The van der Waals surface area contributed by atoms with Crippen molar-refractivity contribution in [3.05, 3.63) is 64.7 Å². The van der Waals surface area contributed by atoms with Gasteiger partial charge in [-0.2, -0.15) is 0 Å². The monoisotopic (exact) mass is 364 g/mol. The zero-order valence-electron chi connectivity index (χ0n) is 15.5. The number of benzene rings is 1. The SMILES string of the molecule is CCn1c(=O)n(CC2CCN(C(=O)c3ccccc3)CC2)c2ncccc21. The Hall–Kier alpha value is -2.89. The Kier molecular flexibility index (Phi) is 4.79. The number of hydrogen-bond donors (Lipinski definition) is 0. The van der Waals surface area contributed by atoms with E-state index < -0.39 is 0 Å². The van der Waals surface area contributed by atoms with Crippen molar-refractivity contribution < 1.29 is 4.79 Å². The van der Waals surface area contributed by atoms with E-state index in [2.05, 4.69) is 4.98 Å². The van der Waals surface area contributed by atoms with Crippen molar-refractivity contribution in [3.63, 3.8) is 0 Å². The summed E-state index contributed by atoms with van der Waals surface area (Å²) in [7, 11) is 0. The highest BCUT2D eigenvalue weighted by Gasteiger charge is 2.25. The van der Waals surface area contributed by atoms with E-state index >= 15 is 0 Å². The van der Waals surface area contributed by atoms with Gasteiger partial charge in [0.2, 0.25) is 0 Å². The molecule has 2 aromatic heterocycles. The third kappa shape index (κ3) is 3.27. The maximum atomic E-state index is 12.8. The van der Waals surface area contributed by atoms with Gasteiger partial charge in [-0.05, 0) is 49.9 Å². The Bertz CT molecular complexity index is 998. The van der Waals surface area contributed by atoms with Crippen LogP contribution < -0.4 is 5.69 Å². The van der Waals surface area contributed by atoms with E-state index in [0.29, 0.717) is 19.0 Å². The Morgan fingerprint density at radius 2 is 1.81 bits per heavy atom. The summed E-state index contributed by atoms with van der Waals surface area (Å²) in [6.07, 6.45) is 3.53. The first-order valence-corrected chi connectivity index (χ1v) is 9.57. The fourth-order valence-electron chi connectivity index (χ4n) is 3.96. The van der Waals surface area contributed by atoms with Gasteiger partial charge in [-0.1, -0.05) is 18.2 Å². The van der Waals surface area contributed by atoms with E-state index in [1.165, 1.54) is 0 Å². The first kappa shape index (κ1) is 17.5. The molecule has 1 aliphatic heterocycles. The predicted molar refractivity (Wildman–Crippen MR) is 105 cm³/mol. The molecule has 0 spiro atoms. The molecule has 1 amide bonds. The van der Waals surface area contributed by atoms with Gasteiger partial charge in [-0.3, -0.25) is 13.9 Å². The van der Waals surface area contributed by atoms with Crippen LogP contribution in [0.4, 0.5) is 0 Å². The minimum Gasteiger partial charge on any atom is -0.339 e. The van der Waals surface area contributed by atoms with Crippen LogP contribution in [-0.4, -0.2) is 38.0 Å². The van der Waals surface area contributed by atoms with Crippen LogP contribution in [0.5, 0.6) is 0 Å². The van der Waals surface area contributed by atoms with Crippen molar-refractivity contribution in [2.24, 2.45) is 5.92 Å². The average Bonchev–Trinajstić information content (AvgIpc) is 2.99. The Morgan fingerprint density at radius 1 is 1.07 bits per heavy atom. The van der Waals surface area contributed by atoms with Crippen LogP contribution in [0.15, 0.2) is 53.5 Å². The number of pyridine rings is 1. The second kappa shape index (κ2) is 7.39. The van der Waals surface area contributed by atoms with Gasteiger partial charge in [0.25, 0.3) is 5.91 Å². The smallest absolute Gasteiger partial charge is 0.330 e. The molecule has 0 saturated carbocycles. The molecule has 3 heterocycles. The summed E-state index contributed by atoms with van der Waals surface area (Å²) in [6.45, 7) is 4.73. The van der Waals surface area contributed by atoms with Crippen molar-refractivity contribution in [1.82, 2.24) is 19.0 Å². The summed E-state index contributed by atoms with van der Waals surface area (Å²) >= 11 is 0. The minimum absolute atomic E-state index is 0.00833. The van der Waals surface area contributed by atoms with Crippen molar-refractivity contribution >= 4 is 17.1 Å². The molecule has 140 valence electrons. The molecule has 27 heavy (non-hydrogen) atoms. The van der Waals surface area contributed by atoms with Crippen LogP contribution in [0.1, 0.15) is 30.1 Å². The number of carbonyl (C=O) groups is 1. The molecule has 0 aliphatic carbocycles. The van der Waals surface area contributed by atoms with Crippen LogP contribution in [-0.2, 0) is 13.1 Å². The molecule has 1 fully saturated rings. The first-order valence-electron chi connectivity index (χ1n) is 9.57. The summed E-state index contributed by atoms with van der Waals surface area (Å²) in [4.78, 5) is 31.7. The maximum Gasteiger partial charge on any atom is 0.330 e. The van der Waals surface area contributed by atoms with E-state index in [1.807, 2.05) is 54.3 Å². The largest absolute Gasteiger partial charge is 0.339 e. The van der Waals surface area contributed by atoms with E-state index in [0.717, 1.165) is 42.7 Å². The molecule has 0 unspecified atom stereocenters. The highest BCUT2D eigenvalue weighted by Crippen LogP contribution is 2.22. The lowest BCUT2D eigenvalue weighted by Crippen LogP contribution is -2.40. The van der Waals surface area contributed by atoms with Crippen LogP contribution in [0.3, 0.4) is 0 Å². The number of likely N-dealkylation sites (tertiary alicyclic amines) is 1. The van der Waals surface area contributed by atoms with Crippen molar-refractivity contribution in [2.45, 2.75) is 32.9 Å². The molecule has 6 nitrogen and oxygen atoms in total. The lowest BCUT2D eigenvalue weighted by atomic mass is 9.96. The van der Waals surface area contributed by atoms with Gasteiger partial charge in [-0.15, -0.1) is 0 Å². The second-order valence-corrected chi connectivity index (χ2v) is 7.09. The number of aromatic nitrogens is 3. The quantitative estimate of drug-likeness (QED) is 0.715. The number of imidazole rings is 1. The average molecular weight is 364 g/mol. The van der Waals surface area contributed by atoms with Gasteiger partial charge in [0.15, 0.2) is 5.65 Å². The maximum absolute atomic E-state index is 12.8. The van der Waals surface area contributed by atoms with Gasteiger partial charge >= 0.3 is 5.69 Å². The van der Waals surface area contributed by atoms with Crippen LogP contribution >= 0.6 is 0 Å². The second-order valence-electron chi connectivity index (χ2n) is 7.09. The summed E-state index contributed by atoms with van der Waals surface area (Å²) < 4.78 is 3.58. The molecular weight excluding hydrogens is 340 g/mol. The summed E-state index contributed by atoms with van der Waals surface area (Å²) in [6, 6.07) is 13.2. The molecule has 0 N–H and O–H groups in total. The number of amides is 1. The van der Waals surface area contributed by atoms with Gasteiger partial charge in [0.1, 0.15) is 0 Å². The number of carbonyl (C=O) groups excluding carboxylic acids is 1. The summed E-state index contributed by atoms with van der Waals surface area (Å²) in [5, 5.41) is 0. The Morgan fingerprint density at radius 3 is 2.52 bits per heavy atom. The lowest BCUT2D eigenvalue weighted by molar-refractivity contribution is 0.0683. The molecule has 4 rings (SSSR count). The number of aryl methyl sites for hydroxylation is 1. The van der Waals surface area contributed by atoms with Crippen LogP contribution in [0, 0.1) is 5.92 Å². The van der Waals surface area contributed by atoms with Crippen LogP contribution in [0.2, 0.25) is 0 Å². The number of nitrogens with zero attached hydrogens (tertiary/aromatic N) is 4. The number of fused-ring (bicyclic) bond motifs is 1. The zero-order chi connectivity index (χ0) is 18.8. The van der Waals surface area contributed by atoms with E-state index in [9.17, 15) is 9.59 Å².